The number of aryl methyl sites for hydroxylation is 1. The molecule has 1 N–H and O–H groups in total. The predicted octanol–water partition coefficient (Wildman–Crippen LogP) is 4.76. The number of hydrogen-bond acceptors (Lipinski definition) is 6. The summed E-state index contributed by atoms with van der Waals surface area (Å²) in [6.45, 7) is 2.75. The number of piperidine rings is 1. The summed E-state index contributed by atoms with van der Waals surface area (Å²) >= 11 is 1.36. The lowest BCUT2D eigenvalue weighted by molar-refractivity contribution is -0.120. The fraction of sp³-hybridized carbons (Fsp3) is 0.269. The average molecular weight is 493 g/mol. The van der Waals surface area contributed by atoms with Crippen LogP contribution in [0.2, 0.25) is 0 Å². The van der Waals surface area contributed by atoms with E-state index in [0.717, 1.165) is 6.42 Å². The zero-order valence-corrected chi connectivity index (χ0v) is 20.3. The highest BCUT2D eigenvalue weighted by molar-refractivity contribution is 7.17. The van der Waals surface area contributed by atoms with Gasteiger partial charge in [-0.15, -0.1) is 11.3 Å². The number of benzene rings is 2. The summed E-state index contributed by atoms with van der Waals surface area (Å²) in [4.78, 5) is 33.4. The summed E-state index contributed by atoms with van der Waals surface area (Å²) in [6, 6.07) is 13.7. The Labute approximate surface area is 205 Å². The predicted molar refractivity (Wildman–Crippen MR) is 136 cm³/mol. The van der Waals surface area contributed by atoms with Crippen LogP contribution in [0.5, 0.6) is 5.75 Å². The zero-order chi connectivity index (χ0) is 24.5. The summed E-state index contributed by atoms with van der Waals surface area (Å²) in [5.41, 5.74) is 2.19. The molecule has 0 aliphatic carbocycles. The van der Waals surface area contributed by atoms with Crippen LogP contribution in [0.15, 0.2) is 58.7 Å². The molecule has 2 aromatic carbocycles. The molecule has 9 heteroatoms. The Morgan fingerprint density at radius 3 is 2.89 bits per heavy atom. The number of thiophene rings is 1. The number of carbonyl (C=O) groups excluding carboxylic acids is 1. The maximum atomic E-state index is 13.6. The number of methoxy groups -OCH3 is 1. The first-order valence-corrected chi connectivity index (χ1v) is 12.3. The van der Waals surface area contributed by atoms with Gasteiger partial charge in [0.15, 0.2) is 0 Å². The third-order valence-electron chi connectivity index (χ3n) is 6.27. The third-order valence-corrected chi connectivity index (χ3v) is 7.17. The fourth-order valence-corrected chi connectivity index (χ4v) is 5.19. The van der Waals surface area contributed by atoms with Crippen LogP contribution in [-0.2, 0) is 4.79 Å². The molecule has 1 fully saturated rings. The van der Waals surface area contributed by atoms with Crippen molar-refractivity contribution in [3.63, 3.8) is 0 Å². The Kier molecular flexibility index (Phi) is 6.25. The molecule has 0 radical (unpaired) electrons. The second-order valence-electron chi connectivity index (χ2n) is 8.63. The standard InChI is InChI=1S/C26H25FN4O3S/c1-16-13-18(8-9-21(16)27)28-24(32)17-5-4-11-30(15-17)26-29-22-10-12-35-23(22)25(33)31(26)19-6-3-7-20(14-19)34-2/h3,6-10,12-14,17H,4-5,11,15H2,1-2H3,(H,28,32). The van der Waals surface area contributed by atoms with Crippen molar-refractivity contribution >= 4 is 39.1 Å². The van der Waals surface area contributed by atoms with Crippen LogP contribution < -0.4 is 20.5 Å². The van der Waals surface area contributed by atoms with Crippen LogP contribution >= 0.6 is 11.3 Å². The average Bonchev–Trinajstić information content (AvgIpc) is 3.35. The van der Waals surface area contributed by atoms with Gasteiger partial charge in [-0.25, -0.2) is 13.9 Å². The van der Waals surface area contributed by atoms with E-state index in [0.29, 0.717) is 58.4 Å². The molecule has 180 valence electrons. The van der Waals surface area contributed by atoms with Crippen molar-refractivity contribution in [3.8, 4) is 11.4 Å². The molecule has 1 atom stereocenters. The molecule has 3 heterocycles. The van der Waals surface area contributed by atoms with Gasteiger partial charge in [0.2, 0.25) is 11.9 Å². The Bertz CT molecular complexity index is 1460. The lowest BCUT2D eigenvalue weighted by Crippen LogP contribution is -2.43. The molecule has 35 heavy (non-hydrogen) atoms. The number of rotatable bonds is 5. The third kappa shape index (κ3) is 4.51. The van der Waals surface area contributed by atoms with Gasteiger partial charge in [0.25, 0.3) is 5.56 Å². The number of amides is 1. The number of hydrogen-bond donors (Lipinski definition) is 1. The quantitative estimate of drug-likeness (QED) is 0.435. The van der Waals surface area contributed by atoms with Crippen LogP contribution in [0.3, 0.4) is 0 Å². The minimum Gasteiger partial charge on any atom is -0.497 e. The van der Waals surface area contributed by atoms with Gasteiger partial charge in [-0.2, -0.15) is 0 Å². The van der Waals surface area contributed by atoms with Crippen molar-refractivity contribution in [2.24, 2.45) is 5.92 Å². The number of nitrogens with one attached hydrogen (secondary N) is 1. The first-order chi connectivity index (χ1) is 16.9. The highest BCUT2D eigenvalue weighted by atomic mass is 32.1. The first-order valence-electron chi connectivity index (χ1n) is 11.4. The van der Waals surface area contributed by atoms with Gasteiger partial charge >= 0.3 is 0 Å². The summed E-state index contributed by atoms with van der Waals surface area (Å²) in [5, 5.41) is 4.77. The maximum Gasteiger partial charge on any atom is 0.277 e. The number of halogens is 1. The molecule has 1 unspecified atom stereocenters. The monoisotopic (exact) mass is 492 g/mol. The largest absolute Gasteiger partial charge is 0.497 e. The van der Waals surface area contributed by atoms with Crippen molar-refractivity contribution < 1.29 is 13.9 Å². The molecule has 0 bridgehead atoms. The van der Waals surface area contributed by atoms with Crippen molar-refractivity contribution in [2.75, 3.05) is 30.4 Å². The van der Waals surface area contributed by atoms with Crippen molar-refractivity contribution in [1.29, 1.82) is 0 Å². The van der Waals surface area contributed by atoms with Crippen LogP contribution in [-0.4, -0.2) is 35.7 Å². The van der Waals surface area contributed by atoms with E-state index in [1.807, 2.05) is 34.5 Å². The Balaban J connectivity index is 1.49. The first kappa shape index (κ1) is 23.0. The SMILES string of the molecule is COc1cccc(-n2c(N3CCCC(C(=O)Nc4ccc(F)c(C)c4)C3)nc3ccsc3c2=O)c1. The van der Waals surface area contributed by atoms with E-state index in [1.54, 1.807) is 36.8 Å². The number of aromatic nitrogens is 2. The van der Waals surface area contributed by atoms with Crippen molar-refractivity contribution in [1.82, 2.24) is 9.55 Å². The molecule has 1 aliphatic rings. The molecule has 5 rings (SSSR count). The van der Waals surface area contributed by atoms with E-state index in [9.17, 15) is 14.0 Å². The molecule has 1 aliphatic heterocycles. The van der Waals surface area contributed by atoms with Crippen LogP contribution in [0.25, 0.3) is 15.9 Å². The molecular formula is C26H25FN4O3S. The second kappa shape index (κ2) is 9.50. The van der Waals surface area contributed by atoms with Gasteiger partial charge in [-0.1, -0.05) is 6.07 Å². The van der Waals surface area contributed by atoms with E-state index < -0.39 is 0 Å². The Morgan fingerprint density at radius 2 is 2.09 bits per heavy atom. The van der Waals surface area contributed by atoms with Crippen LogP contribution in [0.4, 0.5) is 16.0 Å². The number of fused-ring (bicyclic) bond motifs is 1. The summed E-state index contributed by atoms with van der Waals surface area (Å²) in [5.74, 6) is 0.397. The van der Waals surface area contributed by atoms with Gasteiger partial charge in [0, 0.05) is 24.8 Å². The van der Waals surface area contributed by atoms with Gasteiger partial charge in [0.1, 0.15) is 16.3 Å². The highest BCUT2D eigenvalue weighted by Crippen LogP contribution is 2.28. The van der Waals surface area contributed by atoms with Gasteiger partial charge < -0.3 is 15.0 Å². The fourth-order valence-electron chi connectivity index (χ4n) is 4.43. The van der Waals surface area contributed by atoms with Crippen molar-refractivity contribution in [2.45, 2.75) is 19.8 Å². The van der Waals surface area contributed by atoms with Crippen molar-refractivity contribution in [3.05, 3.63) is 75.6 Å². The van der Waals surface area contributed by atoms with E-state index in [4.69, 9.17) is 9.72 Å². The molecule has 4 aromatic rings. The number of nitrogens with zero attached hydrogens (tertiary/aromatic N) is 3. The van der Waals surface area contributed by atoms with Gasteiger partial charge in [-0.3, -0.25) is 9.59 Å². The lowest BCUT2D eigenvalue weighted by atomic mass is 9.97. The zero-order valence-electron chi connectivity index (χ0n) is 19.5. The lowest BCUT2D eigenvalue weighted by Gasteiger charge is -2.34. The molecular weight excluding hydrogens is 467 g/mol. The van der Waals surface area contributed by atoms with Gasteiger partial charge in [-0.05, 0) is 67.1 Å². The smallest absolute Gasteiger partial charge is 0.277 e. The van der Waals surface area contributed by atoms with Crippen LogP contribution in [0, 0.1) is 18.7 Å². The Morgan fingerprint density at radius 1 is 1.23 bits per heavy atom. The maximum absolute atomic E-state index is 13.6. The van der Waals surface area contributed by atoms with Gasteiger partial charge in [0.05, 0.1) is 24.2 Å². The number of carbonyl (C=O) groups is 1. The van der Waals surface area contributed by atoms with Crippen LogP contribution in [0.1, 0.15) is 18.4 Å². The Hall–Kier alpha value is -3.72. The van der Waals surface area contributed by atoms with E-state index in [-0.39, 0.29) is 23.2 Å². The summed E-state index contributed by atoms with van der Waals surface area (Å²) in [6.07, 6.45) is 1.49. The molecule has 7 nitrogen and oxygen atoms in total. The molecule has 2 aromatic heterocycles. The molecule has 1 amide bonds. The normalized spacial score (nSPS) is 15.9. The summed E-state index contributed by atoms with van der Waals surface area (Å²) < 4.78 is 21.2. The second-order valence-corrected chi connectivity index (χ2v) is 9.54. The van der Waals surface area contributed by atoms with E-state index in [2.05, 4.69) is 5.32 Å². The number of anilines is 2. The minimum absolute atomic E-state index is 0.132. The van der Waals surface area contributed by atoms with E-state index >= 15 is 0 Å². The van der Waals surface area contributed by atoms with E-state index in [1.165, 1.54) is 17.4 Å². The highest BCUT2D eigenvalue weighted by Gasteiger charge is 2.29. The minimum atomic E-state index is -0.308. The molecule has 1 saturated heterocycles. The summed E-state index contributed by atoms with van der Waals surface area (Å²) in [7, 11) is 1.58. The number of ether oxygens (including phenoxy) is 1. The molecule has 0 spiro atoms. The topological polar surface area (TPSA) is 76.5 Å². The molecule has 0 saturated carbocycles.